The monoisotopic (exact) mass is 517 g/mol. The van der Waals surface area contributed by atoms with Crippen molar-refractivity contribution >= 4 is 59.6 Å². The molecule has 5 nitrogen and oxygen atoms in total. The van der Waals surface area contributed by atoms with Crippen LogP contribution in [0.5, 0.6) is 0 Å². The van der Waals surface area contributed by atoms with Crippen molar-refractivity contribution in [2.24, 2.45) is 0 Å². The quantitative estimate of drug-likeness (QED) is 0.204. The number of nitrogens with zero attached hydrogens (tertiary/aromatic N) is 5. The third kappa shape index (κ3) is 4.20. The van der Waals surface area contributed by atoms with Crippen LogP contribution in [0.25, 0.3) is 70.9 Å². The van der Waals surface area contributed by atoms with E-state index in [1.165, 1.54) is 0 Å². The van der Waals surface area contributed by atoms with Gasteiger partial charge in [0, 0.05) is 18.0 Å². The number of aromatic nitrogens is 5. The number of hydrogen-bond donors (Lipinski definition) is 0. The third-order valence-corrected chi connectivity index (χ3v) is 7.09. The fourth-order valence-corrected chi connectivity index (χ4v) is 5.05. The van der Waals surface area contributed by atoms with Crippen molar-refractivity contribution in [3.63, 3.8) is 0 Å². The van der Waals surface area contributed by atoms with E-state index in [1.807, 2.05) is 85.3 Å². The second kappa shape index (κ2) is 10.3. The molecule has 0 radical (unpaired) electrons. The van der Waals surface area contributed by atoms with Crippen molar-refractivity contribution in [3.05, 3.63) is 138 Å². The van der Waals surface area contributed by atoms with Gasteiger partial charge >= 0.3 is 0 Å². The summed E-state index contributed by atoms with van der Waals surface area (Å²) < 4.78 is 4.27. The molecular formula is C35H27N5. The molecule has 6 heterocycles. The molecule has 6 rings (SSSR count). The Hall–Kier alpha value is -5.55. The van der Waals surface area contributed by atoms with Crippen LogP contribution in [0, 0.1) is 0 Å². The van der Waals surface area contributed by atoms with Crippen LogP contribution >= 0.6 is 0 Å². The minimum Gasteiger partial charge on any atom is -0.316 e. The van der Waals surface area contributed by atoms with E-state index in [9.17, 15) is 0 Å². The van der Waals surface area contributed by atoms with Crippen LogP contribution in [-0.2, 0) is 0 Å². The summed E-state index contributed by atoms with van der Waals surface area (Å²) in [5, 5.41) is 8.79. The van der Waals surface area contributed by atoms with E-state index >= 15 is 0 Å². The van der Waals surface area contributed by atoms with Gasteiger partial charge in [-0.2, -0.15) is 0 Å². The van der Waals surface area contributed by atoms with Gasteiger partial charge in [0.25, 0.3) is 0 Å². The fraction of sp³-hybridized carbons (Fsp3) is 0. The first-order chi connectivity index (χ1) is 19.6. The summed E-state index contributed by atoms with van der Waals surface area (Å²) in [6.45, 7) is 15.9. The lowest BCUT2D eigenvalue weighted by molar-refractivity contribution is 1.08. The van der Waals surface area contributed by atoms with Gasteiger partial charge in [0.15, 0.2) is 0 Å². The molecule has 0 bridgehead atoms. The maximum Gasteiger partial charge on any atom is 0.113 e. The molecule has 5 heteroatoms. The maximum absolute atomic E-state index is 4.66. The van der Waals surface area contributed by atoms with Crippen molar-refractivity contribution in [1.82, 2.24) is 24.0 Å². The third-order valence-electron chi connectivity index (χ3n) is 7.09. The molecule has 0 N–H and O–H groups in total. The number of rotatable bonds is 8. The first-order valence-electron chi connectivity index (χ1n) is 12.9. The Bertz CT molecular complexity index is 1980. The maximum atomic E-state index is 4.66. The summed E-state index contributed by atoms with van der Waals surface area (Å²) in [7, 11) is 0. The van der Waals surface area contributed by atoms with E-state index in [0.717, 1.165) is 67.3 Å². The Balaban J connectivity index is 1.35. The molecule has 2 aliphatic heterocycles. The molecular weight excluding hydrogens is 490 g/mol. The second-order valence-electron chi connectivity index (χ2n) is 9.29. The van der Waals surface area contributed by atoms with E-state index < -0.39 is 0 Å². The molecule has 4 aromatic rings. The first kappa shape index (κ1) is 24.8. The van der Waals surface area contributed by atoms with Crippen LogP contribution in [-0.4, -0.2) is 24.0 Å². The van der Waals surface area contributed by atoms with Gasteiger partial charge < -0.3 is 8.80 Å². The van der Waals surface area contributed by atoms with Crippen LogP contribution in [0.4, 0.5) is 0 Å². The Kier molecular flexibility index (Phi) is 6.38. The average molecular weight is 518 g/mol. The van der Waals surface area contributed by atoms with E-state index in [0.29, 0.717) is 0 Å². The molecule has 2 aliphatic rings. The second-order valence-corrected chi connectivity index (χ2v) is 9.29. The molecule has 4 aromatic heterocycles. The van der Waals surface area contributed by atoms with Gasteiger partial charge in [-0.25, -0.2) is 0 Å². The van der Waals surface area contributed by atoms with Gasteiger partial charge in [-0.3, -0.25) is 4.98 Å². The summed E-state index contributed by atoms with van der Waals surface area (Å²) in [6, 6.07) is 16.4. The highest BCUT2D eigenvalue weighted by Gasteiger charge is 2.13. The summed E-state index contributed by atoms with van der Waals surface area (Å²) in [5.74, 6) is 0. The standard InChI is InChI=1S/C35H27N5/c1-5-24-11-9-19-39-32(26(7-3)21-34(24)39)17-14-28-13-15-29-30(37-38-31(29)23-36-28)16-18-33-27(8-4)22-35-25(6-2)12-10-20-40(33)35/h5-23H,1-4H2/b17-14+,18-16+. The van der Waals surface area contributed by atoms with Gasteiger partial charge in [0.05, 0.1) is 40.0 Å². The molecule has 0 amide bonds. The predicted molar refractivity (Wildman–Crippen MR) is 169 cm³/mol. The highest BCUT2D eigenvalue weighted by Crippen LogP contribution is 2.28. The minimum absolute atomic E-state index is 0.729. The van der Waals surface area contributed by atoms with Crippen LogP contribution in [0.1, 0.15) is 45.0 Å². The molecule has 0 fully saturated rings. The topological polar surface area (TPSA) is 47.5 Å². The average Bonchev–Trinajstić information content (AvgIpc) is 3.63. The lowest BCUT2D eigenvalue weighted by Crippen LogP contribution is -1.89. The molecule has 40 heavy (non-hydrogen) atoms. The molecule has 0 saturated heterocycles. The van der Waals surface area contributed by atoms with Crippen molar-refractivity contribution in [2.45, 2.75) is 0 Å². The number of pyridine rings is 2. The first-order valence-corrected chi connectivity index (χ1v) is 12.9. The zero-order chi connectivity index (χ0) is 27.6. The summed E-state index contributed by atoms with van der Waals surface area (Å²) in [5.41, 5.74) is 11.7. The Labute approximate surface area is 233 Å². The van der Waals surface area contributed by atoms with Gasteiger partial charge in [-0.15, -0.1) is 10.2 Å². The van der Waals surface area contributed by atoms with Crippen LogP contribution in [0.2, 0.25) is 0 Å². The minimum atomic E-state index is 0.729. The predicted octanol–water partition coefficient (Wildman–Crippen LogP) is 8.39. The van der Waals surface area contributed by atoms with E-state index in [1.54, 1.807) is 6.20 Å². The zero-order valence-corrected chi connectivity index (χ0v) is 22.0. The summed E-state index contributed by atoms with van der Waals surface area (Å²) in [4.78, 5) is 4.66. The van der Waals surface area contributed by atoms with Crippen LogP contribution in [0.3, 0.4) is 0 Å². The zero-order valence-electron chi connectivity index (χ0n) is 22.0. The highest BCUT2D eigenvalue weighted by molar-refractivity contribution is 5.84. The van der Waals surface area contributed by atoms with Gasteiger partial charge in [-0.1, -0.05) is 62.8 Å². The highest BCUT2D eigenvalue weighted by atomic mass is 15.1. The SMILES string of the molecule is C=Cc1cc2c(C=C)cccn2c1/C=C/c1ccc2c(/C=C/c3c(C=C)cc4c(C=C)cccn34)nnc-2cn1. The lowest BCUT2D eigenvalue weighted by Gasteiger charge is -2.02. The van der Waals surface area contributed by atoms with Gasteiger partial charge in [0.1, 0.15) is 5.69 Å². The van der Waals surface area contributed by atoms with Crippen LogP contribution < -0.4 is 0 Å². The molecule has 0 aliphatic carbocycles. The van der Waals surface area contributed by atoms with Crippen molar-refractivity contribution < 1.29 is 0 Å². The molecule has 0 spiro atoms. The largest absolute Gasteiger partial charge is 0.316 e. The molecule has 192 valence electrons. The lowest BCUT2D eigenvalue weighted by atomic mass is 10.1. The molecule has 0 atom stereocenters. The molecule has 0 unspecified atom stereocenters. The Morgan fingerprint density at radius 3 is 1.75 bits per heavy atom. The van der Waals surface area contributed by atoms with Gasteiger partial charge in [-0.05, 0) is 83.0 Å². The van der Waals surface area contributed by atoms with Crippen molar-refractivity contribution in [1.29, 1.82) is 0 Å². The normalized spacial score (nSPS) is 11.7. The Morgan fingerprint density at radius 2 is 1.18 bits per heavy atom. The Morgan fingerprint density at radius 1 is 0.600 bits per heavy atom. The van der Waals surface area contributed by atoms with Crippen molar-refractivity contribution in [2.75, 3.05) is 0 Å². The fourth-order valence-electron chi connectivity index (χ4n) is 5.05. The van der Waals surface area contributed by atoms with E-state index in [-0.39, 0.29) is 0 Å². The summed E-state index contributed by atoms with van der Waals surface area (Å²) in [6.07, 6.45) is 21.4. The number of hydrogen-bond acceptors (Lipinski definition) is 3. The van der Waals surface area contributed by atoms with Gasteiger partial charge in [0.2, 0.25) is 0 Å². The van der Waals surface area contributed by atoms with Crippen LogP contribution in [0.15, 0.2) is 93.4 Å². The summed E-state index contributed by atoms with van der Waals surface area (Å²) >= 11 is 0. The molecule has 0 aromatic carbocycles. The van der Waals surface area contributed by atoms with E-state index in [4.69, 9.17) is 0 Å². The van der Waals surface area contributed by atoms with E-state index in [2.05, 4.69) is 74.6 Å². The smallest absolute Gasteiger partial charge is 0.113 e. The number of fused-ring (bicyclic) bond motifs is 3. The van der Waals surface area contributed by atoms with Crippen molar-refractivity contribution in [3.8, 4) is 11.3 Å². The molecule has 0 saturated carbocycles.